The molecule has 0 aliphatic rings. The van der Waals surface area contributed by atoms with E-state index in [-0.39, 0.29) is 0 Å². The van der Waals surface area contributed by atoms with Gasteiger partial charge in [-0.1, -0.05) is 35.5 Å². The average molecular weight is 301 g/mol. The van der Waals surface area contributed by atoms with Gasteiger partial charge >= 0.3 is 5.97 Å². The van der Waals surface area contributed by atoms with E-state index in [0.717, 1.165) is 25.0 Å². The van der Waals surface area contributed by atoms with E-state index in [1.54, 1.807) is 17.4 Å². The lowest BCUT2D eigenvalue weighted by Crippen LogP contribution is -1.99. The molecule has 20 heavy (non-hydrogen) atoms. The van der Waals surface area contributed by atoms with E-state index in [1.165, 1.54) is 11.8 Å². The van der Waals surface area contributed by atoms with Crippen molar-refractivity contribution < 1.29 is 9.90 Å². The number of benzene rings is 2. The molecule has 3 aromatic rings. The molecule has 100 valence electrons. The number of aromatic nitrogens is 1. The van der Waals surface area contributed by atoms with Crippen molar-refractivity contribution in [3.63, 3.8) is 0 Å². The third-order valence-electron chi connectivity index (χ3n) is 2.84. The van der Waals surface area contributed by atoms with E-state index in [9.17, 15) is 9.90 Å². The highest BCUT2D eigenvalue weighted by atomic mass is 32.2. The Labute approximate surface area is 124 Å². The average Bonchev–Trinajstić information content (AvgIpc) is 2.82. The molecule has 3 nitrogen and oxygen atoms in total. The topological polar surface area (TPSA) is 50.2 Å². The van der Waals surface area contributed by atoms with Crippen molar-refractivity contribution in [2.75, 3.05) is 0 Å². The van der Waals surface area contributed by atoms with Gasteiger partial charge in [-0.3, -0.25) is 0 Å². The van der Waals surface area contributed by atoms with Crippen LogP contribution in [0.3, 0.4) is 0 Å². The number of para-hydroxylation sites is 1. The molecule has 0 saturated carbocycles. The summed E-state index contributed by atoms with van der Waals surface area (Å²) in [6.45, 7) is 1.89. The van der Waals surface area contributed by atoms with Crippen molar-refractivity contribution in [2.45, 2.75) is 16.2 Å². The summed E-state index contributed by atoms with van der Waals surface area (Å²) in [6.07, 6.45) is 0. The third kappa shape index (κ3) is 2.55. The molecule has 0 unspecified atom stereocenters. The van der Waals surface area contributed by atoms with Crippen molar-refractivity contribution in [1.82, 2.24) is 4.98 Å². The number of aryl methyl sites for hydroxylation is 1. The highest BCUT2D eigenvalue weighted by Gasteiger charge is 2.13. The van der Waals surface area contributed by atoms with E-state index in [4.69, 9.17) is 0 Å². The van der Waals surface area contributed by atoms with E-state index in [0.29, 0.717) is 5.56 Å². The SMILES string of the molecule is Cc1ccc(Sc2nc3ccccc3s2)c(C(=O)O)c1. The number of thiazole rings is 1. The highest BCUT2D eigenvalue weighted by molar-refractivity contribution is 8.01. The Morgan fingerprint density at radius 2 is 2.05 bits per heavy atom. The molecule has 0 amide bonds. The van der Waals surface area contributed by atoms with Crippen LogP contribution < -0.4 is 0 Å². The molecule has 1 N–H and O–H groups in total. The quantitative estimate of drug-likeness (QED) is 0.776. The van der Waals surface area contributed by atoms with Crippen LogP contribution in [-0.2, 0) is 0 Å². The number of rotatable bonds is 3. The standard InChI is InChI=1S/C15H11NO2S2/c1-9-6-7-12(10(8-9)14(17)18)19-15-16-11-4-2-3-5-13(11)20-15/h2-8H,1H3,(H,17,18). The second-order valence-electron chi connectivity index (χ2n) is 4.35. The molecule has 1 heterocycles. The summed E-state index contributed by atoms with van der Waals surface area (Å²) in [4.78, 5) is 16.5. The molecule has 0 aliphatic heterocycles. The van der Waals surface area contributed by atoms with Gasteiger partial charge in [0, 0.05) is 4.90 Å². The molecule has 2 aromatic carbocycles. The van der Waals surface area contributed by atoms with Crippen molar-refractivity contribution in [3.8, 4) is 0 Å². The van der Waals surface area contributed by atoms with Crippen LogP contribution in [0, 0.1) is 6.92 Å². The normalized spacial score (nSPS) is 10.8. The first-order valence-corrected chi connectivity index (χ1v) is 7.64. The van der Waals surface area contributed by atoms with Gasteiger partial charge in [0.25, 0.3) is 0 Å². The second-order valence-corrected chi connectivity index (χ2v) is 6.67. The van der Waals surface area contributed by atoms with E-state index < -0.39 is 5.97 Å². The molecule has 3 rings (SSSR count). The van der Waals surface area contributed by atoms with Crippen molar-refractivity contribution in [3.05, 3.63) is 53.6 Å². The second kappa shape index (κ2) is 5.26. The molecule has 1 aromatic heterocycles. The lowest BCUT2D eigenvalue weighted by Gasteiger charge is -2.04. The number of aromatic carboxylic acids is 1. The van der Waals surface area contributed by atoms with Crippen LogP contribution >= 0.6 is 23.1 Å². The van der Waals surface area contributed by atoms with Crippen LogP contribution in [0.25, 0.3) is 10.2 Å². The first-order chi connectivity index (χ1) is 9.63. The Morgan fingerprint density at radius 1 is 1.25 bits per heavy atom. The molecule has 0 saturated heterocycles. The summed E-state index contributed by atoms with van der Waals surface area (Å²) < 4.78 is 1.97. The Morgan fingerprint density at radius 3 is 2.80 bits per heavy atom. The zero-order valence-electron chi connectivity index (χ0n) is 10.7. The number of carbonyl (C=O) groups is 1. The first kappa shape index (κ1) is 13.1. The molecular formula is C15H11NO2S2. The van der Waals surface area contributed by atoms with Gasteiger partial charge in [-0.2, -0.15) is 0 Å². The predicted octanol–water partition coefficient (Wildman–Crippen LogP) is 4.45. The summed E-state index contributed by atoms with van der Waals surface area (Å²) in [5, 5.41) is 9.28. The smallest absolute Gasteiger partial charge is 0.336 e. The van der Waals surface area contributed by atoms with Crippen LogP contribution in [0.1, 0.15) is 15.9 Å². The number of hydrogen-bond acceptors (Lipinski definition) is 4. The fourth-order valence-corrected chi connectivity index (χ4v) is 4.02. The van der Waals surface area contributed by atoms with E-state index in [2.05, 4.69) is 4.98 Å². The highest BCUT2D eigenvalue weighted by Crippen LogP contribution is 2.36. The van der Waals surface area contributed by atoms with E-state index in [1.807, 2.05) is 43.3 Å². The zero-order valence-corrected chi connectivity index (χ0v) is 12.3. The Kier molecular flexibility index (Phi) is 3.46. The summed E-state index contributed by atoms with van der Waals surface area (Å²) in [6, 6.07) is 13.4. The number of fused-ring (bicyclic) bond motifs is 1. The maximum Gasteiger partial charge on any atom is 0.336 e. The van der Waals surface area contributed by atoms with Crippen LogP contribution in [0.5, 0.6) is 0 Å². The molecule has 0 fully saturated rings. The largest absolute Gasteiger partial charge is 0.478 e. The van der Waals surface area contributed by atoms with Gasteiger partial charge in [0.2, 0.25) is 0 Å². The van der Waals surface area contributed by atoms with Gasteiger partial charge in [0.15, 0.2) is 4.34 Å². The minimum Gasteiger partial charge on any atom is -0.478 e. The number of hydrogen-bond donors (Lipinski definition) is 1. The van der Waals surface area contributed by atoms with Crippen LogP contribution in [0.4, 0.5) is 0 Å². The Bertz CT molecular complexity index is 762. The molecule has 0 radical (unpaired) electrons. The number of nitrogens with zero attached hydrogens (tertiary/aromatic N) is 1. The fraction of sp³-hybridized carbons (Fsp3) is 0.0667. The zero-order chi connectivity index (χ0) is 14.1. The van der Waals surface area contributed by atoms with Crippen molar-refractivity contribution in [1.29, 1.82) is 0 Å². The minimum atomic E-state index is -0.905. The fourth-order valence-electron chi connectivity index (χ4n) is 1.89. The minimum absolute atomic E-state index is 0.328. The van der Waals surface area contributed by atoms with Gasteiger partial charge in [-0.25, -0.2) is 9.78 Å². The molecule has 0 atom stereocenters. The van der Waals surface area contributed by atoms with Gasteiger partial charge in [-0.05, 0) is 31.2 Å². The number of carboxylic acids is 1. The number of carboxylic acid groups (broad SMARTS) is 1. The predicted molar refractivity (Wildman–Crippen MR) is 81.9 cm³/mol. The van der Waals surface area contributed by atoms with Crippen LogP contribution in [-0.4, -0.2) is 16.1 Å². The van der Waals surface area contributed by atoms with Crippen LogP contribution in [0.2, 0.25) is 0 Å². The third-order valence-corrected chi connectivity index (χ3v) is 5.01. The van der Waals surface area contributed by atoms with Crippen molar-refractivity contribution in [2.24, 2.45) is 0 Å². The summed E-state index contributed by atoms with van der Waals surface area (Å²) >= 11 is 2.98. The summed E-state index contributed by atoms with van der Waals surface area (Å²) in [5.41, 5.74) is 2.22. The molecule has 0 bridgehead atoms. The lowest BCUT2D eigenvalue weighted by atomic mass is 10.1. The Balaban J connectivity index is 2.00. The molecule has 5 heteroatoms. The Hall–Kier alpha value is -1.85. The van der Waals surface area contributed by atoms with Gasteiger partial charge < -0.3 is 5.11 Å². The lowest BCUT2D eigenvalue weighted by molar-refractivity contribution is 0.0693. The molecule has 0 aliphatic carbocycles. The molecular weight excluding hydrogens is 290 g/mol. The summed E-state index contributed by atoms with van der Waals surface area (Å²) in [7, 11) is 0. The maximum absolute atomic E-state index is 11.3. The monoisotopic (exact) mass is 301 g/mol. The van der Waals surface area contributed by atoms with Crippen molar-refractivity contribution >= 4 is 39.3 Å². The van der Waals surface area contributed by atoms with Gasteiger partial charge in [-0.15, -0.1) is 11.3 Å². The summed E-state index contributed by atoms with van der Waals surface area (Å²) in [5.74, 6) is -0.905. The molecule has 0 spiro atoms. The van der Waals surface area contributed by atoms with Crippen LogP contribution in [0.15, 0.2) is 51.7 Å². The maximum atomic E-state index is 11.3. The van der Waals surface area contributed by atoms with E-state index >= 15 is 0 Å². The van der Waals surface area contributed by atoms with Gasteiger partial charge in [0.05, 0.1) is 15.8 Å². The first-order valence-electron chi connectivity index (χ1n) is 6.01. The van der Waals surface area contributed by atoms with Gasteiger partial charge in [0.1, 0.15) is 0 Å².